The highest BCUT2D eigenvalue weighted by atomic mass is 16.2. The zero-order chi connectivity index (χ0) is 25.9. The molecular formula is C29H25N5O2. The van der Waals surface area contributed by atoms with E-state index in [0.717, 1.165) is 11.1 Å². The van der Waals surface area contributed by atoms with Crippen LogP contribution in [0.25, 0.3) is 0 Å². The standard InChI is InChI=1S/C29H25N5O2/c1-3-16-33(20-24-12-8-22(18-30)9-13-24)28(35)26-6-5-7-27(32-26)29(36)34(17-4-2)21-25-14-10-23(19-31)11-15-25/h3-15H,1-2,16-17,20-21H2. The molecule has 7 nitrogen and oxygen atoms in total. The van der Waals surface area contributed by atoms with Crippen molar-refractivity contribution in [1.29, 1.82) is 10.5 Å². The van der Waals surface area contributed by atoms with Crippen molar-refractivity contribution >= 4 is 11.8 Å². The average molecular weight is 476 g/mol. The number of hydrogen-bond acceptors (Lipinski definition) is 5. The number of carbonyl (C=O) groups excluding carboxylic acids is 2. The molecular weight excluding hydrogens is 450 g/mol. The summed E-state index contributed by atoms with van der Waals surface area (Å²) in [5.41, 5.74) is 3.09. The minimum Gasteiger partial charge on any atom is -0.329 e. The van der Waals surface area contributed by atoms with Gasteiger partial charge in [-0.15, -0.1) is 13.2 Å². The first-order valence-corrected chi connectivity index (χ1v) is 11.2. The number of hydrogen-bond donors (Lipinski definition) is 0. The molecule has 0 bridgehead atoms. The van der Waals surface area contributed by atoms with Crippen LogP contribution in [0.15, 0.2) is 92.0 Å². The van der Waals surface area contributed by atoms with Gasteiger partial charge in [0.25, 0.3) is 11.8 Å². The van der Waals surface area contributed by atoms with Crippen LogP contribution >= 0.6 is 0 Å². The van der Waals surface area contributed by atoms with Gasteiger partial charge in [0.2, 0.25) is 0 Å². The van der Waals surface area contributed by atoms with Crippen molar-refractivity contribution in [3.8, 4) is 12.1 Å². The highest BCUT2D eigenvalue weighted by Crippen LogP contribution is 2.14. The molecule has 0 unspecified atom stereocenters. The van der Waals surface area contributed by atoms with Crippen LogP contribution in [0.4, 0.5) is 0 Å². The second-order valence-corrected chi connectivity index (χ2v) is 7.97. The molecule has 3 rings (SSSR count). The molecule has 0 N–H and O–H groups in total. The normalized spacial score (nSPS) is 9.94. The van der Waals surface area contributed by atoms with Gasteiger partial charge in [0.15, 0.2) is 0 Å². The van der Waals surface area contributed by atoms with Crippen molar-refractivity contribution in [3.05, 3.63) is 126 Å². The zero-order valence-electron chi connectivity index (χ0n) is 19.8. The lowest BCUT2D eigenvalue weighted by Gasteiger charge is -2.23. The van der Waals surface area contributed by atoms with E-state index >= 15 is 0 Å². The Labute approximate surface area is 210 Å². The molecule has 0 aliphatic carbocycles. The molecule has 1 aromatic heterocycles. The lowest BCUT2D eigenvalue weighted by atomic mass is 10.1. The van der Waals surface area contributed by atoms with Gasteiger partial charge in [0.05, 0.1) is 23.3 Å². The Hall–Kier alpha value is -5.01. The van der Waals surface area contributed by atoms with Crippen molar-refractivity contribution in [1.82, 2.24) is 14.8 Å². The summed E-state index contributed by atoms with van der Waals surface area (Å²) in [5.74, 6) is -0.674. The van der Waals surface area contributed by atoms with Crippen LogP contribution in [-0.4, -0.2) is 39.7 Å². The third-order valence-electron chi connectivity index (χ3n) is 5.37. The van der Waals surface area contributed by atoms with E-state index in [-0.39, 0.29) is 23.2 Å². The van der Waals surface area contributed by atoms with E-state index in [0.29, 0.717) is 37.3 Å². The van der Waals surface area contributed by atoms with E-state index in [1.54, 1.807) is 88.7 Å². The zero-order valence-corrected chi connectivity index (χ0v) is 19.8. The molecule has 0 fully saturated rings. The van der Waals surface area contributed by atoms with Crippen molar-refractivity contribution in [2.45, 2.75) is 13.1 Å². The highest BCUT2D eigenvalue weighted by molar-refractivity contribution is 5.96. The fraction of sp³-hybridized carbons (Fsp3) is 0.138. The van der Waals surface area contributed by atoms with Gasteiger partial charge in [-0.2, -0.15) is 10.5 Å². The SMILES string of the molecule is C=CCN(Cc1ccc(C#N)cc1)C(=O)c1cccc(C(=O)N(CC=C)Cc2ccc(C#N)cc2)n1. The lowest BCUT2D eigenvalue weighted by molar-refractivity contribution is 0.0749. The first kappa shape index (κ1) is 25.6. The largest absolute Gasteiger partial charge is 0.329 e. The predicted molar refractivity (Wildman–Crippen MR) is 136 cm³/mol. The smallest absolute Gasteiger partial charge is 0.273 e. The number of amides is 2. The molecule has 0 saturated heterocycles. The van der Waals surface area contributed by atoms with Gasteiger partial charge in [-0.1, -0.05) is 42.5 Å². The highest BCUT2D eigenvalue weighted by Gasteiger charge is 2.21. The molecule has 0 radical (unpaired) electrons. The molecule has 1 heterocycles. The summed E-state index contributed by atoms with van der Waals surface area (Å²) >= 11 is 0. The first-order chi connectivity index (χ1) is 17.5. The average Bonchev–Trinajstić information content (AvgIpc) is 2.92. The maximum Gasteiger partial charge on any atom is 0.273 e. The van der Waals surface area contributed by atoms with Gasteiger partial charge in [-0.25, -0.2) is 4.98 Å². The van der Waals surface area contributed by atoms with Crippen LogP contribution in [0, 0.1) is 22.7 Å². The van der Waals surface area contributed by atoms with E-state index in [2.05, 4.69) is 30.3 Å². The fourth-order valence-electron chi connectivity index (χ4n) is 3.56. The minimum atomic E-state index is -0.337. The molecule has 0 saturated carbocycles. The van der Waals surface area contributed by atoms with Crippen LogP contribution in [0.1, 0.15) is 43.2 Å². The monoisotopic (exact) mass is 475 g/mol. The Morgan fingerprint density at radius 1 is 0.722 bits per heavy atom. The molecule has 2 amide bonds. The number of rotatable bonds is 10. The van der Waals surface area contributed by atoms with E-state index in [1.807, 2.05) is 0 Å². The Kier molecular flexibility index (Phi) is 8.86. The van der Waals surface area contributed by atoms with Gasteiger partial charge in [-0.3, -0.25) is 9.59 Å². The number of nitrogens with zero attached hydrogens (tertiary/aromatic N) is 5. The quantitative estimate of drug-likeness (QED) is 0.402. The van der Waals surface area contributed by atoms with Gasteiger partial charge in [-0.05, 0) is 47.5 Å². The molecule has 2 aromatic carbocycles. The first-order valence-electron chi connectivity index (χ1n) is 11.2. The molecule has 0 atom stereocenters. The second kappa shape index (κ2) is 12.5. The fourth-order valence-corrected chi connectivity index (χ4v) is 3.56. The Morgan fingerprint density at radius 3 is 1.44 bits per heavy atom. The molecule has 0 aliphatic rings. The predicted octanol–water partition coefficient (Wildman–Crippen LogP) is 4.48. The van der Waals surface area contributed by atoms with Crippen LogP contribution < -0.4 is 0 Å². The number of nitriles is 2. The van der Waals surface area contributed by atoms with Gasteiger partial charge in [0.1, 0.15) is 11.4 Å². The molecule has 0 spiro atoms. The van der Waals surface area contributed by atoms with Gasteiger partial charge in [0, 0.05) is 26.2 Å². The summed E-state index contributed by atoms with van der Waals surface area (Å²) in [6.07, 6.45) is 3.25. The molecule has 7 heteroatoms. The van der Waals surface area contributed by atoms with Crippen LogP contribution in [0.2, 0.25) is 0 Å². The third-order valence-corrected chi connectivity index (χ3v) is 5.37. The number of carbonyl (C=O) groups is 2. The Bertz CT molecular complexity index is 1230. The van der Waals surface area contributed by atoms with Crippen molar-refractivity contribution in [3.63, 3.8) is 0 Å². The number of benzene rings is 2. The van der Waals surface area contributed by atoms with Crippen molar-refractivity contribution in [2.24, 2.45) is 0 Å². The summed E-state index contributed by atoms with van der Waals surface area (Å²) in [6.45, 7) is 8.67. The summed E-state index contributed by atoms with van der Waals surface area (Å²) in [5, 5.41) is 18.0. The summed E-state index contributed by atoms with van der Waals surface area (Å²) in [7, 11) is 0. The molecule has 0 aliphatic heterocycles. The van der Waals surface area contributed by atoms with Gasteiger partial charge < -0.3 is 9.80 Å². The van der Waals surface area contributed by atoms with Crippen molar-refractivity contribution in [2.75, 3.05) is 13.1 Å². The van der Waals surface area contributed by atoms with Crippen LogP contribution in [-0.2, 0) is 13.1 Å². The van der Waals surface area contributed by atoms with Crippen molar-refractivity contribution < 1.29 is 9.59 Å². The van der Waals surface area contributed by atoms with E-state index < -0.39 is 0 Å². The maximum absolute atomic E-state index is 13.3. The van der Waals surface area contributed by atoms with E-state index in [4.69, 9.17) is 10.5 Å². The van der Waals surface area contributed by atoms with E-state index in [9.17, 15) is 9.59 Å². The minimum absolute atomic E-state index is 0.147. The summed E-state index contributed by atoms with van der Waals surface area (Å²) in [6, 6.07) is 22.9. The number of pyridine rings is 1. The van der Waals surface area contributed by atoms with Crippen LogP contribution in [0.3, 0.4) is 0 Å². The van der Waals surface area contributed by atoms with E-state index in [1.165, 1.54) is 0 Å². The molecule has 36 heavy (non-hydrogen) atoms. The third kappa shape index (κ3) is 6.53. The second-order valence-electron chi connectivity index (χ2n) is 7.97. The summed E-state index contributed by atoms with van der Waals surface area (Å²) < 4.78 is 0. The number of aromatic nitrogens is 1. The summed E-state index contributed by atoms with van der Waals surface area (Å²) in [4.78, 5) is 34.1. The van der Waals surface area contributed by atoms with Gasteiger partial charge >= 0.3 is 0 Å². The molecule has 178 valence electrons. The Morgan fingerprint density at radius 2 is 1.11 bits per heavy atom. The topological polar surface area (TPSA) is 101 Å². The lowest BCUT2D eigenvalue weighted by Crippen LogP contribution is -2.33. The van der Waals surface area contributed by atoms with Crippen LogP contribution in [0.5, 0.6) is 0 Å². The maximum atomic E-state index is 13.3. The molecule has 3 aromatic rings. The Balaban J connectivity index is 1.80.